The highest BCUT2D eigenvalue weighted by atomic mass is 19.4. The number of anilines is 1. The van der Waals surface area contributed by atoms with Gasteiger partial charge in [0.15, 0.2) is 0 Å². The number of hydrogen-bond donors (Lipinski definition) is 2. The van der Waals surface area contributed by atoms with Crippen LogP contribution in [0.15, 0.2) is 24.3 Å². The van der Waals surface area contributed by atoms with Crippen molar-refractivity contribution in [2.24, 2.45) is 23.2 Å². The first-order valence-corrected chi connectivity index (χ1v) is 13.2. The Balaban J connectivity index is 1.24. The Morgan fingerprint density at radius 1 is 1.08 bits per heavy atom. The maximum absolute atomic E-state index is 13.7. The predicted molar refractivity (Wildman–Crippen MR) is 129 cm³/mol. The quantitative estimate of drug-likeness (QED) is 0.598. The van der Waals surface area contributed by atoms with Gasteiger partial charge in [-0.3, -0.25) is 14.5 Å². The van der Waals surface area contributed by atoms with Crippen molar-refractivity contribution in [3.05, 3.63) is 29.8 Å². The Morgan fingerprint density at radius 2 is 1.72 bits per heavy atom. The largest absolute Gasteiger partial charge is 0.481 e. The fraction of sp³-hybridized carbons (Fsp3) is 0.704. The Morgan fingerprint density at radius 3 is 2.28 bits per heavy atom. The number of halogens is 3. The summed E-state index contributed by atoms with van der Waals surface area (Å²) in [6.07, 6.45) is 0.311. The van der Waals surface area contributed by atoms with E-state index in [9.17, 15) is 27.9 Å². The summed E-state index contributed by atoms with van der Waals surface area (Å²) < 4.78 is 39.4. The molecule has 6 nitrogen and oxygen atoms in total. The molecule has 4 aliphatic carbocycles. The molecule has 198 valence electrons. The summed E-state index contributed by atoms with van der Waals surface area (Å²) >= 11 is 0. The van der Waals surface area contributed by atoms with E-state index in [4.69, 9.17) is 0 Å². The van der Waals surface area contributed by atoms with Crippen molar-refractivity contribution in [2.45, 2.75) is 70.1 Å². The topological polar surface area (TPSA) is 72.9 Å². The van der Waals surface area contributed by atoms with Crippen LogP contribution in [-0.2, 0) is 15.8 Å². The summed E-state index contributed by atoms with van der Waals surface area (Å²) in [4.78, 5) is 29.8. The van der Waals surface area contributed by atoms with E-state index in [-0.39, 0.29) is 23.8 Å². The molecular formula is C27H36F3N3O3. The number of nitrogens with zero attached hydrogens (tertiary/aromatic N) is 2. The SMILES string of the molecule is CCC(C)(C(=O)NC1C2CC3CC1CC(C(=O)O)(C3)C2)N1CCN(c2cccc(C(F)(F)F)c2)CC1. The van der Waals surface area contributed by atoms with Crippen molar-refractivity contribution in [1.82, 2.24) is 10.2 Å². The van der Waals surface area contributed by atoms with Gasteiger partial charge in [-0.25, -0.2) is 0 Å². The van der Waals surface area contributed by atoms with Crippen LogP contribution in [0.5, 0.6) is 0 Å². The number of alkyl halides is 3. The molecule has 1 aromatic carbocycles. The number of piperazine rings is 1. The van der Waals surface area contributed by atoms with E-state index in [0.29, 0.717) is 57.0 Å². The molecule has 5 aliphatic rings. The van der Waals surface area contributed by atoms with Crippen LogP contribution in [0.1, 0.15) is 57.9 Å². The summed E-state index contributed by atoms with van der Waals surface area (Å²) in [5.41, 5.74) is -1.43. The van der Waals surface area contributed by atoms with E-state index in [1.54, 1.807) is 6.07 Å². The van der Waals surface area contributed by atoms with E-state index in [2.05, 4.69) is 10.2 Å². The molecule has 4 saturated carbocycles. The van der Waals surface area contributed by atoms with Crippen LogP contribution in [-0.4, -0.2) is 59.6 Å². The molecule has 0 aromatic heterocycles. The van der Waals surface area contributed by atoms with Gasteiger partial charge in [0.25, 0.3) is 0 Å². The molecule has 6 rings (SSSR count). The molecule has 1 aliphatic heterocycles. The van der Waals surface area contributed by atoms with Gasteiger partial charge in [-0.05, 0) is 81.4 Å². The highest BCUT2D eigenvalue weighted by molar-refractivity contribution is 5.86. The number of benzene rings is 1. The van der Waals surface area contributed by atoms with Crippen LogP contribution >= 0.6 is 0 Å². The van der Waals surface area contributed by atoms with E-state index in [0.717, 1.165) is 25.3 Å². The summed E-state index contributed by atoms with van der Waals surface area (Å²) in [7, 11) is 0. The highest BCUT2D eigenvalue weighted by Gasteiger charge is 2.59. The zero-order valence-electron chi connectivity index (χ0n) is 21.0. The Labute approximate surface area is 210 Å². The molecular weight excluding hydrogens is 471 g/mol. The first-order valence-electron chi connectivity index (χ1n) is 13.2. The van der Waals surface area contributed by atoms with Crippen LogP contribution in [0.2, 0.25) is 0 Å². The van der Waals surface area contributed by atoms with Gasteiger partial charge in [0, 0.05) is 37.9 Å². The van der Waals surface area contributed by atoms with Gasteiger partial charge < -0.3 is 15.3 Å². The van der Waals surface area contributed by atoms with Crippen molar-refractivity contribution in [3.8, 4) is 0 Å². The average molecular weight is 508 g/mol. The molecule has 0 radical (unpaired) electrons. The smallest absolute Gasteiger partial charge is 0.416 e. The van der Waals surface area contributed by atoms with E-state index < -0.39 is 28.7 Å². The standard InChI is InChI=1S/C27H36F3N3O3/c1-3-25(2,33-9-7-32(8-10-33)21-6-4-5-20(13-21)27(28,29)30)23(34)31-22-18-11-17-12-19(22)16-26(14-17,15-18)24(35)36/h4-6,13,17-19,22H,3,7-12,14-16H2,1-2H3,(H,31,34)(H,35,36). The lowest BCUT2D eigenvalue weighted by molar-refractivity contribution is -0.168. The Kier molecular flexibility index (Phi) is 6.29. The van der Waals surface area contributed by atoms with Gasteiger partial charge in [0.2, 0.25) is 5.91 Å². The lowest BCUT2D eigenvalue weighted by Crippen LogP contribution is -2.66. The number of amides is 1. The number of aliphatic carboxylic acids is 1. The second kappa shape index (κ2) is 8.92. The normalized spacial score (nSPS) is 33.9. The zero-order valence-corrected chi connectivity index (χ0v) is 21.0. The monoisotopic (exact) mass is 507 g/mol. The Bertz CT molecular complexity index is 1010. The van der Waals surface area contributed by atoms with E-state index in [1.807, 2.05) is 18.7 Å². The summed E-state index contributed by atoms with van der Waals surface area (Å²) in [5.74, 6) is 0.196. The maximum atomic E-state index is 13.7. The molecule has 3 atom stereocenters. The summed E-state index contributed by atoms with van der Waals surface area (Å²) in [6.45, 7) is 6.20. The summed E-state index contributed by atoms with van der Waals surface area (Å²) in [5, 5.41) is 13.3. The third kappa shape index (κ3) is 4.27. The highest BCUT2D eigenvalue weighted by Crippen LogP contribution is 2.60. The van der Waals surface area contributed by atoms with E-state index in [1.165, 1.54) is 12.1 Å². The fourth-order valence-corrected chi connectivity index (χ4v) is 7.69. The molecule has 9 heteroatoms. The van der Waals surface area contributed by atoms with Crippen molar-refractivity contribution < 1.29 is 27.9 Å². The van der Waals surface area contributed by atoms with Gasteiger partial charge in [0.1, 0.15) is 0 Å². The maximum Gasteiger partial charge on any atom is 0.416 e. The number of hydrogen-bond acceptors (Lipinski definition) is 4. The lowest BCUT2D eigenvalue weighted by Gasteiger charge is -2.58. The molecule has 3 unspecified atom stereocenters. The third-order valence-electron chi connectivity index (χ3n) is 9.72. The van der Waals surface area contributed by atoms with Gasteiger partial charge in [-0.1, -0.05) is 13.0 Å². The minimum absolute atomic E-state index is 0.0145. The first kappa shape index (κ1) is 25.4. The third-order valence-corrected chi connectivity index (χ3v) is 9.72. The lowest BCUT2D eigenvalue weighted by atomic mass is 9.48. The molecule has 4 bridgehead atoms. The fourth-order valence-electron chi connectivity index (χ4n) is 7.69. The van der Waals surface area contributed by atoms with Crippen LogP contribution in [0.25, 0.3) is 0 Å². The second-order valence-electron chi connectivity index (χ2n) is 11.7. The number of carboxylic acid groups (broad SMARTS) is 1. The second-order valence-corrected chi connectivity index (χ2v) is 11.7. The molecule has 5 fully saturated rings. The van der Waals surface area contributed by atoms with Gasteiger partial charge >= 0.3 is 12.1 Å². The van der Waals surface area contributed by atoms with Crippen LogP contribution in [0.4, 0.5) is 18.9 Å². The number of carboxylic acids is 1. The van der Waals surface area contributed by atoms with Crippen LogP contribution in [0, 0.1) is 23.2 Å². The number of carbonyl (C=O) groups is 2. The molecule has 1 heterocycles. The Hall–Kier alpha value is -2.29. The minimum atomic E-state index is -4.38. The number of rotatable bonds is 6. The first-order chi connectivity index (χ1) is 16.9. The van der Waals surface area contributed by atoms with Gasteiger partial charge in [-0.15, -0.1) is 0 Å². The van der Waals surface area contributed by atoms with E-state index >= 15 is 0 Å². The summed E-state index contributed by atoms with van der Waals surface area (Å²) in [6, 6.07) is 5.44. The van der Waals surface area contributed by atoms with Crippen LogP contribution < -0.4 is 10.2 Å². The molecule has 1 aromatic rings. The van der Waals surface area contributed by atoms with Crippen LogP contribution in [0.3, 0.4) is 0 Å². The molecule has 36 heavy (non-hydrogen) atoms. The molecule has 1 amide bonds. The van der Waals surface area contributed by atoms with Crippen molar-refractivity contribution in [2.75, 3.05) is 31.1 Å². The zero-order chi connectivity index (χ0) is 25.9. The number of carbonyl (C=O) groups excluding carboxylic acids is 1. The van der Waals surface area contributed by atoms with Crippen molar-refractivity contribution in [3.63, 3.8) is 0 Å². The van der Waals surface area contributed by atoms with Gasteiger partial charge in [0.05, 0.1) is 16.5 Å². The van der Waals surface area contributed by atoms with Crippen molar-refractivity contribution >= 4 is 17.6 Å². The molecule has 1 saturated heterocycles. The van der Waals surface area contributed by atoms with Gasteiger partial charge in [-0.2, -0.15) is 13.2 Å². The predicted octanol–water partition coefficient (Wildman–Crippen LogP) is 4.39. The van der Waals surface area contributed by atoms with Crippen molar-refractivity contribution in [1.29, 1.82) is 0 Å². The number of nitrogens with one attached hydrogen (secondary N) is 1. The molecule has 2 N–H and O–H groups in total. The average Bonchev–Trinajstić information content (AvgIpc) is 2.84. The minimum Gasteiger partial charge on any atom is -0.481 e. The molecule has 0 spiro atoms.